The zero-order chi connectivity index (χ0) is 10.4. The number of benzene rings is 1. The quantitative estimate of drug-likeness (QED) is 0.607. The molecule has 0 aliphatic carbocycles. The van der Waals surface area contributed by atoms with Gasteiger partial charge < -0.3 is 10.1 Å². The Hall–Kier alpha value is -1.81. The Morgan fingerprint density at radius 1 is 1.20 bits per heavy atom. The molecule has 0 aliphatic rings. The maximum Gasteiger partial charge on any atom is 0.257 e. The van der Waals surface area contributed by atoms with Gasteiger partial charge in [0.15, 0.2) is 0 Å². The minimum atomic E-state index is -0.157. The lowest BCUT2D eigenvalue weighted by molar-refractivity contribution is 0.482. The number of aromatic hydroxyl groups is 1. The maximum atomic E-state index is 11.7. The van der Waals surface area contributed by atoms with Crippen molar-refractivity contribution >= 4 is 32.3 Å². The van der Waals surface area contributed by atoms with E-state index in [0.717, 1.165) is 10.2 Å². The van der Waals surface area contributed by atoms with E-state index < -0.39 is 0 Å². The molecule has 15 heavy (non-hydrogen) atoms. The van der Waals surface area contributed by atoms with Crippen LogP contribution in [0.15, 0.2) is 34.4 Å². The van der Waals surface area contributed by atoms with Crippen LogP contribution in [0.25, 0.3) is 21.0 Å². The van der Waals surface area contributed by atoms with Gasteiger partial charge in [-0.25, -0.2) is 0 Å². The molecule has 0 unspecified atom stereocenters. The lowest BCUT2D eigenvalue weighted by Gasteiger charge is -2.01. The van der Waals surface area contributed by atoms with E-state index in [4.69, 9.17) is 0 Å². The Morgan fingerprint density at radius 2 is 2.07 bits per heavy atom. The first-order valence-corrected chi connectivity index (χ1v) is 5.36. The van der Waals surface area contributed by atoms with Crippen LogP contribution in [-0.2, 0) is 0 Å². The minimum absolute atomic E-state index is 0.155. The smallest absolute Gasteiger partial charge is 0.257 e. The highest BCUT2D eigenvalue weighted by Crippen LogP contribution is 2.31. The van der Waals surface area contributed by atoms with E-state index in [1.807, 2.05) is 11.4 Å². The van der Waals surface area contributed by atoms with Gasteiger partial charge in [-0.3, -0.25) is 4.79 Å². The normalized spacial score (nSPS) is 11.2. The molecule has 1 aromatic carbocycles. The molecule has 0 fully saturated rings. The number of fused-ring (bicyclic) bond motifs is 3. The van der Waals surface area contributed by atoms with E-state index in [-0.39, 0.29) is 11.3 Å². The Labute approximate surface area is 88.6 Å². The summed E-state index contributed by atoms with van der Waals surface area (Å²) in [6.07, 6.45) is 0. The first-order valence-electron chi connectivity index (χ1n) is 4.48. The predicted molar refractivity (Wildman–Crippen MR) is 61.6 cm³/mol. The highest BCUT2D eigenvalue weighted by molar-refractivity contribution is 7.16. The molecular formula is C11H7NO2S. The summed E-state index contributed by atoms with van der Waals surface area (Å²) in [6.45, 7) is 0. The summed E-state index contributed by atoms with van der Waals surface area (Å²) in [5.41, 5.74) is -0.157. The second kappa shape index (κ2) is 2.84. The molecule has 0 aliphatic heterocycles. The minimum Gasteiger partial charge on any atom is -0.507 e. The summed E-state index contributed by atoms with van der Waals surface area (Å²) in [4.78, 5) is 15.3. The summed E-state index contributed by atoms with van der Waals surface area (Å²) in [7, 11) is 0. The summed E-state index contributed by atoms with van der Waals surface area (Å²) < 4.78 is 0. The Bertz CT molecular complexity index is 711. The number of aromatic nitrogens is 1. The number of phenols is 1. The van der Waals surface area contributed by atoms with Crippen LogP contribution in [-0.4, -0.2) is 10.1 Å². The average molecular weight is 217 g/mol. The van der Waals surface area contributed by atoms with E-state index >= 15 is 0 Å². The molecule has 0 radical (unpaired) electrons. The number of rotatable bonds is 0. The van der Waals surface area contributed by atoms with Gasteiger partial charge in [-0.15, -0.1) is 11.3 Å². The number of hydrogen-bond acceptors (Lipinski definition) is 3. The summed E-state index contributed by atoms with van der Waals surface area (Å²) >= 11 is 1.46. The molecule has 0 bridgehead atoms. The Balaban J connectivity index is 2.76. The lowest BCUT2D eigenvalue weighted by atomic mass is 10.1. The van der Waals surface area contributed by atoms with Crippen molar-refractivity contribution in [2.24, 2.45) is 0 Å². The molecule has 0 spiro atoms. The van der Waals surface area contributed by atoms with E-state index in [9.17, 15) is 9.90 Å². The molecule has 2 aromatic heterocycles. The fourth-order valence-electron chi connectivity index (χ4n) is 1.79. The van der Waals surface area contributed by atoms with E-state index in [1.165, 1.54) is 11.3 Å². The third-order valence-corrected chi connectivity index (χ3v) is 3.28. The van der Waals surface area contributed by atoms with Crippen LogP contribution in [0.1, 0.15) is 0 Å². The van der Waals surface area contributed by atoms with Crippen molar-refractivity contribution in [1.29, 1.82) is 0 Å². The van der Waals surface area contributed by atoms with Crippen LogP contribution >= 0.6 is 11.3 Å². The lowest BCUT2D eigenvalue weighted by Crippen LogP contribution is -2.04. The van der Waals surface area contributed by atoms with E-state index in [0.29, 0.717) is 10.8 Å². The second-order valence-electron chi connectivity index (χ2n) is 3.32. The first-order chi connectivity index (χ1) is 7.27. The van der Waals surface area contributed by atoms with Crippen molar-refractivity contribution in [1.82, 2.24) is 4.98 Å². The molecule has 74 valence electrons. The summed E-state index contributed by atoms with van der Waals surface area (Å²) in [5, 5.41) is 13.7. The number of nitrogens with one attached hydrogen (secondary N) is 1. The van der Waals surface area contributed by atoms with Gasteiger partial charge in [0.05, 0.1) is 5.39 Å². The molecular weight excluding hydrogens is 210 g/mol. The SMILES string of the molecule is O=c1[nH]c2sccc2c2c(O)cccc12. The Morgan fingerprint density at radius 3 is 2.93 bits per heavy atom. The maximum absolute atomic E-state index is 11.7. The monoisotopic (exact) mass is 217 g/mol. The van der Waals surface area contributed by atoms with Crippen LogP contribution in [0, 0.1) is 0 Å². The zero-order valence-corrected chi connectivity index (χ0v) is 8.47. The van der Waals surface area contributed by atoms with Gasteiger partial charge in [0, 0.05) is 10.8 Å². The van der Waals surface area contributed by atoms with Gasteiger partial charge in [0.25, 0.3) is 5.56 Å². The number of thiophene rings is 1. The van der Waals surface area contributed by atoms with Crippen molar-refractivity contribution in [2.45, 2.75) is 0 Å². The molecule has 4 heteroatoms. The van der Waals surface area contributed by atoms with Gasteiger partial charge in [0.2, 0.25) is 0 Å². The highest BCUT2D eigenvalue weighted by Gasteiger charge is 2.08. The van der Waals surface area contributed by atoms with E-state index in [2.05, 4.69) is 4.98 Å². The van der Waals surface area contributed by atoms with Crippen LogP contribution in [0.5, 0.6) is 5.75 Å². The van der Waals surface area contributed by atoms with Gasteiger partial charge in [-0.05, 0) is 23.6 Å². The van der Waals surface area contributed by atoms with Crippen molar-refractivity contribution in [3.8, 4) is 5.75 Å². The summed E-state index contributed by atoms with van der Waals surface area (Å²) in [5.74, 6) is 0.155. The van der Waals surface area contributed by atoms with Crippen molar-refractivity contribution < 1.29 is 5.11 Å². The third-order valence-electron chi connectivity index (χ3n) is 2.45. The fourth-order valence-corrected chi connectivity index (χ4v) is 2.57. The van der Waals surface area contributed by atoms with Gasteiger partial charge in [-0.2, -0.15) is 0 Å². The fraction of sp³-hybridized carbons (Fsp3) is 0. The molecule has 0 saturated heterocycles. The molecule has 2 N–H and O–H groups in total. The molecule has 0 amide bonds. The van der Waals surface area contributed by atoms with Crippen molar-refractivity contribution in [3.05, 3.63) is 40.0 Å². The Kier molecular flexibility index (Phi) is 1.61. The van der Waals surface area contributed by atoms with E-state index in [1.54, 1.807) is 18.2 Å². The van der Waals surface area contributed by atoms with Crippen LogP contribution in [0.4, 0.5) is 0 Å². The number of phenolic OH excluding ortho intramolecular Hbond substituents is 1. The van der Waals surface area contributed by atoms with Crippen LogP contribution < -0.4 is 5.56 Å². The van der Waals surface area contributed by atoms with Crippen LogP contribution in [0.2, 0.25) is 0 Å². The van der Waals surface area contributed by atoms with Gasteiger partial charge in [-0.1, -0.05) is 6.07 Å². The topological polar surface area (TPSA) is 53.1 Å². The molecule has 3 aromatic rings. The molecule has 3 nitrogen and oxygen atoms in total. The largest absolute Gasteiger partial charge is 0.507 e. The first kappa shape index (κ1) is 8.49. The predicted octanol–water partition coefficient (Wildman–Crippen LogP) is 2.45. The zero-order valence-electron chi connectivity index (χ0n) is 7.65. The number of pyridine rings is 1. The average Bonchev–Trinajstić information content (AvgIpc) is 2.66. The molecule has 3 rings (SSSR count). The van der Waals surface area contributed by atoms with Gasteiger partial charge >= 0.3 is 0 Å². The second-order valence-corrected chi connectivity index (χ2v) is 4.23. The van der Waals surface area contributed by atoms with Crippen LogP contribution in [0.3, 0.4) is 0 Å². The summed E-state index contributed by atoms with van der Waals surface area (Å²) in [6, 6.07) is 6.88. The number of aromatic amines is 1. The van der Waals surface area contributed by atoms with Crippen molar-refractivity contribution in [3.63, 3.8) is 0 Å². The van der Waals surface area contributed by atoms with Crippen molar-refractivity contribution in [2.75, 3.05) is 0 Å². The number of H-pyrrole nitrogens is 1. The van der Waals surface area contributed by atoms with Gasteiger partial charge in [0.1, 0.15) is 10.6 Å². The molecule has 2 heterocycles. The molecule has 0 atom stereocenters. The number of hydrogen-bond donors (Lipinski definition) is 2. The highest BCUT2D eigenvalue weighted by atomic mass is 32.1. The third kappa shape index (κ3) is 1.08. The molecule has 0 saturated carbocycles. The standard InChI is InChI=1S/C11H7NO2S/c13-8-3-1-2-6-9(8)7-4-5-15-11(7)12-10(6)14/h1-5,13H,(H,12,14).